The van der Waals surface area contributed by atoms with Gasteiger partial charge in [0.1, 0.15) is 5.15 Å². The van der Waals surface area contributed by atoms with E-state index >= 15 is 0 Å². The first kappa shape index (κ1) is 16.2. The SMILES string of the molecule is CCCCn1nc(C)c(/C=N\NC(=O)c2ccccc2)c1Cl. The van der Waals surface area contributed by atoms with E-state index in [-0.39, 0.29) is 5.91 Å². The number of hydrazone groups is 1. The predicted octanol–water partition coefficient (Wildman–Crippen LogP) is 3.41. The highest BCUT2D eigenvalue weighted by Crippen LogP contribution is 2.18. The van der Waals surface area contributed by atoms with Gasteiger partial charge in [-0.1, -0.05) is 43.1 Å². The van der Waals surface area contributed by atoms with Crippen molar-refractivity contribution in [3.8, 4) is 0 Å². The van der Waals surface area contributed by atoms with Crippen LogP contribution in [0, 0.1) is 6.92 Å². The third-order valence-corrected chi connectivity index (χ3v) is 3.63. The number of amides is 1. The number of nitrogens with one attached hydrogen (secondary N) is 1. The molecule has 0 radical (unpaired) electrons. The number of aryl methyl sites for hydroxylation is 2. The number of halogens is 1. The molecule has 2 rings (SSSR count). The molecule has 0 bridgehead atoms. The second kappa shape index (κ2) is 7.75. The highest BCUT2D eigenvalue weighted by atomic mass is 35.5. The highest BCUT2D eigenvalue weighted by molar-refractivity contribution is 6.32. The molecule has 0 unspecified atom stereocenters. The Labute approximate surface area is 135 Å². The van der Waals surface area contributed by atoms with Gasteiger partial charge in [0.25, 0.3) is 5.91 Å². The summed E-state index contributed by atoms with van der Waals surface area (Å²) in [6, 6.07) is 8.92. The molecule has 5 nitrogen and oxygen atoms in total. The van der Waals surface area contributed by atoms with Crippen LogP contribution in [0.15, 0.2) is 35.4 Å². The zero-order valence-electron chi connectivity index (χ0n) is 12.7. The van der Waals surface area contributed by atoms with E-state index in [1.54, 1.807) is 28.9 Å². The predicted molar refractivity (Wildman–Crippen MR) is 88.4 cm³/mol. The van der Waals surface area contributed by atoms with Crippen LogP contribution in [0.25, 0.3) is 0 Å². The molecule has 1 amide bonds. The third kappa shape index (κ3) is 3.95. The largest absolute Gasteiger partial charge is 0.271 e. The lowest BCUT2D eigenvalue weighted by atomic mass is 10.2. The molecule has 0 aliphatic rings. The molecule has 0 saturated carbocycles. The number of carbonyl (C=O) groups is 1. The average molecular weight is 319 g/mol. The number of rotatable bonds is 6. The number of benzene rings is 1. The first-order valence-corrected chi connectivity index (χ1v) is 7.62. The van der Waals surface area contributed by atoms with Gasteiger partial charge in [0.15, 0.2) is 0 Å². The maximum Gasteiger partial charge on any atom is 0.271 e. The number of aromatic nitrogens is 2. The molecule has 0 saturated heterocycles. The van der Waals surface area contributed by atoms with Crippen LogP contribution < -0.4 is 5.43 Å². The number of nitrogens with zero attached hydrogens (tertiary/aromatic N) is 3. The molecule has 1 aromatic carbocycles. The average Bonchev–Trinajstić information content (AvgIpc) is 2.81. The molecule has 2 aromatic rings. The van der Waals surface area contributed by atoms with Gasteiger partial charge in [0, 0.05) is 12.1 Å². The zero-order valence-corrected chi connectivity index (χ0v) is 13.5. The molecule has 0 aliphatic heterocycles. The summed E-state index contributed by atoms with van der Waals surface area (Å²) in [4.78, 5) is 11.9. The van der Waals surface area contributed by atoms with Crippen molar-refractivity contribution >= 4 is 23.7 Å². The molecule has 1 N–H and O–H groups in total. The second-order valence-corrected chi connectivity index (χ2v) is 5.29. The number of carbonyl (C=O) groups excluding carboxylic acids is 1. The zero-order chi connectivity index (χ0) is 15.9. The minimum absolute atomic E-state index is 0.260. The number of unbranched alkanes of at least 4 members (excludes halogenated alkanes) is 1. The molecule has 6 heteroatoms. The topological polar surface area (TPSA) is 59.3 Å². The molecular formula is C16H19ClN4O. The van der Waals surface area contributed by atoms with E-state index in [0.29, 0.717) is 10.7 Å². The van der Waals surface area contributed by atoms with E-state index in [1.165, 1.54) is 6.21 Å². The van der Waals surface area contributed by atoms with Crippen LogP contribution in [0.1, 0.15) is 41.4 Å². The van der Waals surface area contributed by atoms with Crippen LogP contribution in [0.2, 0.25) is 5.15 Å². The van der Waals surface area contributed by atoms with Gasteiger partial charge in [-0.05, 0) is 25.5 Å². The highest BCUT2D eigenvalue weighted by Gasteiger charge is 2.11. The van der Waals surface area contributed by atoms with Crippen LogP contribution in [-0.4, -0.2) is 21.9 Å². The van der Waals surface area contributed by atoms with E-state index in [1.807, 2.05) is 13.0 Å². The lowest BCUT2D eigenvalue weighted by molar-refractivity contribution is 0.0955. The molecule has 1 aromatic heterocycles. The van der Waals surface area contributed by atoms with Gasteiger partial charge in [-0.25, -0.2) is 5.43 Å². The summed E-state index contributed by atoms with van der Waals surface area (Å²) in [5.74, 6) is -0.260. The summed E-state index contributed by atoms with van der Waals surface area (Å²) in [5, 5.41) is 8.90. The molecule has 0 spiro atoms. The minimum atomic E-state index is -0.260. The van der Waals surface area contributed by atoms with Crippen molar-refractivity contribution in [2.45, 2.75) is 33.2 Å². The van der Waals surface area contributed by atoms with Crippen LogP contribution in [0.3, 0.4) is 0 Å². The fraction of sp³-hybridized carbons (Fsp3) is 0.312. The molecule has 22 heavy (non-hydrogen) atoms. The molecule has 1 heterocycles. The molecular weight excluding hydrogens is 300 g/mol. The Bertz CT molecular complexity index is 664. The monoisotopic (exact) mass is 318 g/mol. The Balaban J connectivity index is 2.04. The lowest BCUT2D eigenvalue weighted by Gasteiger charge is -2.01. The molecule has 0 aliphatic carbocycles. The maximum atomic E-state index is 11.9. The van der Waals surface area contributed by atoms with Crippen LogP contribution in [-0.2, 0) is 6.54 Å². The smallest absolute Gasteiger partial charge is 0.267 e. The van der Waals surface area contributed by atoms with Crippen molar-refractivity contribution in [1.29, 1.82) is 0 Å². The van der Waals surface area contributed by atoms with E-state index < -0.39 is 0 Å². The standard InChI is InChI=1S/C16H19ClN4O/c1-3-4-10-21-15(17)14(12(2)20-21)11-18-19-16(22)13-8-6-5-7-9-13/h5-9,11H,3-4,10H2,1-2H3,(H,19,22)/b18-11-. The quantitative estimate of drug-likeness (QED) is 0.655. The van der Waals surface area contributed by atoms with Crippen molar-refractivity contribution < 1.29 is 4.79 Å². The summed E-state index contributed by atoms with van der Waals surface area (Å²) in [6.45, 7) is 4.76. The Morgan fingerprint density at radius 3 is 2.82 bits per heavy atom. The molecule has 0 atom stereocenters. The van der Waals surface area contributed by atoms with Gasteiger partial charge in [0.05, 0.1) is 17.5 Å². The van der Waals surface area contributed by atoms with E-state index in [0.717, 1.165) is 30.6 Å². The maximum absolute atomic E-state index is 11.9. The fourth-order valence-corrected chi connectivity index (χ4v) is 2.29. The van der Waals surface area contributed by atoms with Gasteiger partial charge in [-0.15, -0.1) is 0 Å². The summed E-state index contributed by atoms with van der Waals surface area (Å²) >= 11 is 6.29. The Hall–Kier alpha value is -2.14. The van der Waals surface area contributed by atoms with Gasteiger partial charge < -0.3 is 0 Å². The third-order valence-electron chi connectivity index (χ3n) is 3.23. The summed E-state index contributed by atoms with van der Waals surface area (Å²) < 4.78 is 1.76. The number of hydrogen-bond donors (Lipinski definition) is 1. The van der Waals surface area contributed by atoms with Crippen LogP contribution >= 0.6 is 11.6 Å². The Morgan fingerprint density at radius 1 is 1.41 bits per heavy atom. The summed E-state index contributed by atoms with van der Waals surface area (Å²) in [5.41, 5.74) is 4.56. The van der Waals surface area contributed by atoms with Gasteiger partial charge in [-0.2, -0.15) is 10.2 Å². The fourth-order valence-electron chi connectivity index (χ4n) is 1.98. The Morgan fingerprint density at radius 2 is 2.14 bits per heavy atom. The lowest BCUT2D eigenvalue weighted by Crippen LogP contribution is -2.17. The summed E-state index contributed by atoms with van der Waals surface area (Å²) in [7, 11) is 0. The van der Waals surface area contributed by atoms with E-state index in [2.05, 4.69) is 22.5 Å². The molecule has 0 fully saturated rings. The second-order valence-electron chi connectivity index (χ2n) is 4.93. The van der Waals surface area contributed by atoms with Gasteiger partial charge in [-0.3, -0.25) is 9.48 Å². The number of hydrogen-bond acceptors (Lipinski definition) is 3. The van der Waals surface area contributed by atoms with Gasteiger partial charge >= 0.3 is 0 Å². The van der Waals surface area contributed by atoms with Crippen LogP contribution in [0.4, 0.5) is 0 Å². The van der Waals surface area contributed by atoms with E-state index in [4.69, 9.17) is 11.6 Å². The first-order valence-electron chi connectivity index (χ1n) is 7.24. The summed E-state index contributed by atoms with van der Waals surface area (Å²) in [6.07, 6.45) is 3.63. The van der Waals surface area contributed by atoms with Crippen molar-refractivity contribution in [2.24, 2.45) is 5.10 Å². The van der Waals surface area contributed by atoms with Crippen molar-refractivity contribution in [3.63, 3.8) is 0 Å². The van der Waals surface area contributed by atoms with E-state index in [9.17, 15) is 4.79 Å². The minimum Gasteiger partial charge on any atom is -0.267 e. The molecule has 116 valence electrons. The van der Waals surface area contributed by atoms with Crippen molar-refractivity contribution in [3.05, 3.63) is 52.3 Å². The first-order chi connectivity index (χ1) is 10.6. The normalized spacial score (nSPS) is 11.0. The van der Waals surface area contributed by atoms with Gasteiger partial charge in [0.2, 0.25) is 0 Å². The van der Waals surface area contributed by atoms with Crippen molar-refractivity contribution in [2.75, 3.05) is 0 Å². The Kier molecular flexibility index (Phi) is 5.72. The van der Waals surface area contributed by atoms with Crippen LogP contribution in [0.5, 0.6) is 0 Å². The van der Waals surface area contributed by atoms with Crippen molar-refractivity contribution in [1.82, 2.24) is 15.2 Å².